The van der Waals surface area contributed by atoms with Crippen LogP contribution in [0.15, 0.2) is 36.9 Å². The number of esters is 1. The van der Waals surface area contributed by atoms with Gasteiger partial charge in [-0.1, -0.05) is 18.2 Å². The molecule has 0 spiro atoms. The molecule has 1 unspecified atom stereocenters. The van der Waals surface area contributed by atoms with Gasteiger partial charge in [-0.05, 0) is 18.6 Å². The summed E-state index contributed by atoms with van der Waals surface area (Å²) in [6.45, 7) is 4.18. The first kappa shape index (κ1) is 14.1. The molecule has 0 aliphatic carbocycles. The number of amides is 1. The molecule has 0 saturated carbocycles. The molecule has 1 aliphatic heterocycles. The van der Waals surface area contributed by atoms with E-state index in [2.05, 4.69) is 11.3 Å². The first-order valence-corrected chi connectivity index (χ1v) is 6.42. The molecular weight excluding hydrogens is 258 g/mol. The summed E-state index contributed by atoms with van der Waals surface area (Å²) in [7, 11) is 1.29. The van der Waals surface area contributed by atoms with E-state index in [1.165, 1.54) is 7.11 Å². The lowest BCUT2D eigenvalue weighted by molar-refractivity contribution is -0.145. The molecule has 5 nitrogen and oxygen atoms in total. The van der Waals surface area contributed by atoms with Crippen LogP contribution in [0.4, 0.5) is 5.69 Å². The van der Waals surface area contributed by atoms with Crippen LogP contribution in [0.25, 0.3) is 0 Å². The summed E-state index contributed by atoms with van der Waals surface area (Å²) in [5.74, 6) is -0.0904. The van der Waals surface area contributed by atoms with Gasteiger partial charge in [-0.2, -0.15) is 0 Å². The number of anilines is 1. The summed E-state index contributed by atoms with van der Waals surface area (Å²) in [6.07, 6.45) is 1.50. The molecule has 1 aromatic carbocycles. The van der Waals surface area contributed by atoms with Gasteiger partial charge in [-0.3, -0.25) is 9.59 Å². The molecule has 0 radical (unpaired) electrons. The highest BCUT2D eigenvalue weighted by molar-refractivity contribution is 6.01. The Balaban J connectivity index is 2.27. The zero-order chi connectivity index (χ0) is 14.5. The van der Waals surface area contributed by atoms with Crippen LogP contribution in [-0.2, 0) is 14.3 Å². The minimum atomic E-state index is -0.831. The molecule has 1 amide bonds. The minimum absolute atomic E-state index is 0.0890. The topological polar surface area (TPSA) is 55.8 Å². The lowest BCUT2D eigenvalue weighted by Gasteiger charge is -2.33. The highest BCUT2D eigenvalue weighted by atomic mass is 16.5. The van der Waals surface area contributed by atoms with E-state index >= 15 is 0 Å². The van der Waals surface area contributed by atoms with E-state index in [0.29, 0.717) is 18.7 Å². The van der Waals surface area contributed by atoms with Crippen molar-refractivity contribution >= 4 is 17.6 Å². The van der Waals surface area contributed by atoms with Crippen molar-refractivity contribution in [3.05, 3.63) is 36.9 Å². The van der Waals surface area contributed by atoms with Gasteiger partial charge in [0.2, 0.25) is 0 Å². The normalized spacial score (nSPS) is 17.1. The van der Waals surface area contributed by atoms with E-state index < -0.39 is 12.1 Å². The Kier molecular flexibility index (Phi) is 4.40. The number of methoxy groups -OCH3 is 1. The number of ether oxygens (including phenoxy) is 2. The molecule has 1 heterocycles. The van der Waals surface area contributed by atoms with Gasteiger partial charge in [0.05, 0.1) is 19.2 Å². The summed E-state index contributed by atoms with van der Waals surface area (Å²) in [5, 5.41) is 0. The SMILES string of the molecule is C=CCCN1C(=O)C(CC(=O)OC)Oc2ccccc21. The van der Waals surface area contributed by atoms with Gasteiger partial charge in [-0.25, -0.2) is 0 Å². The van der Waals surface area contributed by atoms with Crippen molar-refractivity contribution in [2.75, 3.05) is 18.6 Å². The molecule has 0 saturated heterocycles. The average molecular weight is 275 g/mol. The van der Waals surface area contributed by atoms with Crippen molar-refractivity contribution in [3.63, 3.8) is 0 Å². The predicted molar refractivity (Wildman–Crippen MR) is 74.7 cm³/mol. The largest absolute Gasteiger partial charge is 0.478 e. The quantitative estimate of drug-likeness (QED) is 0.608. The molecule has 5 heteroatoms. The second-order valence-electron chi connectivity index (χ2n) is 4.42. The average Bonchev–Trinajstić information content (AvgIpc) is 2.47. The van der Waals surface area contributed by atoms with Crippen LogP contribution in [0.1, 0.15) is 12.8 Å². The first-order chi connectivity index (χ1) is 9.67. The Labute approximate surface area is 117 Å². The van der Waals surface area contributed by atoms with E-state index in [9.17, 15) is 9.59 Å². The molecular formula is C15H17NO4. The lowest BCUT2D eigenvalue weighted by atomic mass is 10.1. The number of para-hydroxylation sites is 2. The van der Waals surface area contributed by atoms with Gasteiger partial charge in [0.1, 0.15) is 5.75 Å². The van der Waals surface area contributed by atoms with Gasteiger partial charge in [0.25, 0.3) is 5.91 Å². The lowest BCUT2D eigenvalue weighted by Crippen LogP contribution is -2.47. The summed E-state index contributed by atoms with van der Waals surface area (Å²) in [6, 6.07) is 7.28. The Morgan fingerprint density at radius 3 is 2.95 bits per heavy atom. The van der Waals surface area contributed by atoms with Crippen molar-refractivity contribution in [2.45, 2.75) is 18.9 Å². The number of hydrogen-bond donors (Lipinski definition) is 0. The van der Waals surface area contributed by atoms with Crippen LogP contribution >= 0.6 is 0 Å². The third-order valence-electron chi connectivity index (χ3n) is 3.10. The molecule has 2 rings (SSSR count). The van der Waals surface area contributed by atoms with Crippen molar-refractivity contribution in [3.8, 4) is 5.75 Å². The Morgan fingerprint density at radius 2 is 2.25 bits per heavy atom. The molecule has 106 valence electrons. The molecule has 1 atom stereocenters. The van der Waals surface area contributed by atoms with E-state index in [0.717, 1.165) is 5.69 Å². The highest BCUT2D eigenvalue weighted by Gasteiger charge is 2.35. The fourth-order valence-corrected chi connectivity index (χ4v) is 2.09. The molecule has 0 bridgehead atoms. The molecule has 20 heavy (non-hydrogen) atoms. The zero-order valence-electron chi connectivity index (χ0n) is 11.4. The standard InChI is InChI=1S/C15H17NO4/c1-3-4-9-16-11-7-5-6-8-12(11)20-13(15(16)18)10-14(17)19-2/h3,5-8,13H,1,4,9-10H2,2H3. The maximum absolute atomic E-state index is 12.4. The monoisotopic (exact) mass is 275 g/mol. The minimum Gasteiger partial charge on any atom is -0.478 e. The zero-order valence-corrected chi connectivity index (χ0v) is 11.4. The molecule has 1 aliphatic rings. The molecule has 1 aromatic rings. The van der Waals surface area contributed by atoms with Crippen LogP contribution in [0.2, 0.25) is 0 Å². The van der Waals surface area contributed by atoms with Gasteiger partial charge in [0.15, 0.2) is 6.10 Å². The van der Waals surface area contributed by atoms with Crippen molar-refractivity contribution < 1.29 is 19.1 Å². The number of carbonyl (C=O) groups is 2. The molecule has 0 fully saturated rings. The number of rotatable bonds is 5. The number of nitrogens with zero attached hydrogens (tertiary/aromatic N) is 1. The Morgan fingerprint density at radius 1 is 1.50 bits per heavy atom. The van der Waals surface area contributed by atoms with E-state index in [4.69, 9.17) is 4.74 Å². The van der Waals surface area contributed by atoms with Gasteiger partial charge in [-0.15, -0.1) is 6.58 Å². The molecule has 0 N–H and O–H groups in total. The fraction of sp³-hybridized carbons (Fsp3) is 0.333. The smallest absolute Gasteiger partial charge is 0.309 e. The number of hydrogen-bond acceptors (Lipinski definition) is 4. The summed E-state index contributed by atoms with van der Waals surface area (Å²) < 4.78 is 10.2. The fourth-order valence-electron chi connectivity index (χ4n) is 2.09. The van der Waals surface area contributed by atoms with Crippen LogP contribution in [0.5, 0.6) is 5.75 Å². The van der Waals surface area contributed by atoms with Gasteiger partial charge in [0, 0.05) is 6.54 Å². The summed E-state index contributed by atoms with van der Waals surface area (Å²) in [4.78, 5) is 25.4. The van der Waals surface area contributed by atoms with E-state index in [-0.39, 0.29) is 12.3 Å². The Hall–Kier alpha value is -2.30. The van der Waals surface area contributed by atoms with Crippen molar-refractivity contribution in [2.24, 2.45) is 0 Å². The maximum atomic E-state index is 12.4. The van der Waals surface area contributed by atoms with E-state index in [1.54, 1.807) is 17.0 Å². The van der Waals surface area contributed by atoms with E-state index in [1.807, 2.05) is 18.2 Å². The second kappa shape index (κ2) is 6.23. The van der Waals surface area contributed by atoms with Gasteiger partial charge < -0.3 is 14.4 Å². The third kappa shape index (κ3) is 2.82. The summed E-state index contributed by atoms with van der Waals surface area (Å²) >= 11 is 0. The van der Waals surface area contributed by atoms with Crippen molar-refractivity contribution in [1.29, 1.82) is 0 Å². The van der Waals surface area contributed by atoms with Crippen LogP contribution in [-0.4, -0.2) is 31.6 Å². The van der Waals surface area contributed by atoms with Crippen molar-refractivity contribution in [1.82, 2.24) is 0 Å². The van der Waals surface area contributed by atoms with Crippen LogP contribution in [0, 0.1) is 0 Å². The molecule has 0 aromatic heterocycles. The number of fused-ring (bicyclic) bond motifs is 1. The highest BCUT2D eigenvalue weighted by Crippen LogP contribution is 2.34. The third-order valence-corrected chi connectivity index (χ3v) is 3.10. The van der Waals surface area contributed by atoms with Crippen LogP contribution < -0.4 is 9.64 Å². The predicted octanol–water partition coefficient (Wildman–Crippen LogP) is 1.92. The second-order valence-corrected chi connectivity index (χ2v) is 4.42. The maximum Gasteiger partial charge on any atom is 0.309 e. The number of benzene rings is 1. The summed E-state index contributed by atoms with van der Waals surface area (Å²) in [5.41, 5.74) is 0.723. The first-order valence-electron chi connectivity index (χ1n) is 6.42. The van der Waals surface area contributed by atoms with Crippen LogP contribution in [0.3, 0.4) is 0 Å². The number of carbonyl (C=O) groups excluding carboxylic acids is 2. The Bertz CT molecular complexity index is 526. The van der Waals surface area contributed by atoms with Gasteiger partial charge >= 0.3 is 5.97 Å².